The van der Waals surface area contributed by atoms with Crippen molar-refractivity contribution < 1.29 is 4.79 Å². The Balaban J connectivity index is 2.76. The second-order valence-electron chi connectivity index (χ2n) is 6.58. The SMILES string of the molecule is CC1=C(/C=C/C=C/C(C)=C\C(C)=C/C=O)C(C)(C)CCC1. The van der Waals surface area contributed by atoms with Gasteiger partial charge in [-0.2, -0.15) is 0 Å². The highest BCUT2D eigenvalue weighted by atomic mass is 16.1. The van der Waals surface area contributed by atoms with Crippen LogP contribution in [0.1, 0.15) is 53.9 Å². The summed E-state index contributed by atoms with van der Waals surface area (Å²) in [4.78, 5) is 10.4. The molecule has 0 spiro atoms. The number of carbonyl (C=O) groups is 1. The maximum absolute atomic E-state index is 10.4. The lowest BCUT2D eigenvalue weighted by atomic mass is 9.73. The molecule has 21 heavy (non-hydrogen) atoms. The topological polar surface area (TPSA) is 17.1 Å². The maximum atomic E-state index is 10.4. The summed E-state index contributed by atoms with van der Waals surface area (Å²) >= 11 is 0. The van der Waals surface area contributed by atoms with Crippen LogP contribution in [0.4, 0.5) is 0 Å². The molecule has 0 amide bonds. The summed E-state index contributed by atoms with van der Waals surface area (Å²) in [5.41, 5.74) is 5.41. The number of hydrogen-bond acceptors (Lipinski definition) is 1. The van der Waals surface area contributed by atoms with Crippen molar-refractivity contribution in [1.29, 1.82) is 0 Å². The van der Waals surface area contributed by atoms with Gasteiger partial charge in [0.05, 0.1) is 0 Å². The van der Waals surface area contributed by atoms with E-state index in [1.54, 1.807) is 6.08 Å². The molecule has 0 N–H and O–H groups in total. The molecular weight excluding hydrogens is 256 g/mol. The molecule has 0 unspecified atom stereocenters. The summed E-state index contributed by atoms with van der Waals surface area (Å²) in [5.74, 6) is 0. The predicted octanol–water partition coefficient (Wildman–Crippen LogP) is 5.72. The van der Waals surface area contributed by atoms with Crippen molar-refractivity contribution in [2.75, 3.05) is 0 Å². The molecule has 1 nitrogen and oxygen atoms in total. The fourth-order valence-corrected chi connectivity index (χ4v) is 2.93. The Kier molecular flexibility index (Phi) is 6.61. The van der Waals surface area contributed by atoms with E-state index in [2.05, 4.69) is 45.1 Å². The second-order valence-corrected chi connectivity index (χ2v) is 6.58. The van der Waals surface area contributed by atoms with Crippen LogP contribution in [0.2, 0.25) is 0 Å². The Hall–Kier alpha value is -1.63. The lowest BCUT2D eigenvalue weighted by Gasteiger charge is -2.32. The zero-order chi connectivity index (χ0) is 15.9. The largest absolute Gasteiger partial charge is 0.299 e. The van der Waals surface area contributed by atoms with Gasteiger partial charge in [-0.3, -0.25) is 4.79 Å². The van der Waals surface area contributed by atoms with Crippen molar-refractivity contribution in [1.82, 2.24) is 0 Å². The molecule has 0 saturated carbocycles. The van der Waals surface area contributed by atoms with Gasteiger partial charge in [0.1, 0.15) is 6.29 Å². The van der Waals surface area contributed by atoms with Gasteiger partial charge in [0.15, 0.2) is 0 Å². The fraction of sp³-hybridized carbons (Fsp3) is 0.450. The zero-order valence-corrected chi connectivity index (χ0v) is 14.1. The number of carbonyl (C=O) groups excluding carboxylic acids is 1. The minimum Gasteiger partial charge on any atom is -0.299 e. The van der Waals surface area contributed by atoms with Gasteiger partial charge in [-0.05, 0) is 62.7 Å². The van der Waals surface area contributed by atoms with Crippen molar-refractivity contribution in [3.63, 3.8) is 0 Å². The van der Waals surface area contributed by atoms with Crippen LogP contribution in [-0.2, 0) is 4.79 Å². The van der Waals surface area contributed by atoms with Crippen LogP contribution in [0.15, 0.2) is 58.7 Å². The predicted molar refractivity (Wildman–Crippen MR) is 92.2 cm³/mol. The molecule has 1 aliphatic carbocycles. The third-order valence-electron chi connectivity index (χ3n) is 4.06. The smallest absolute Gasteiger partial charge is 0.143 e. The first kappa shape index (κ1) is 17.4. The third kappa shape index (κ3) is 5.71. The van der Waals surface area contributed by atoms with Gasteiger partial charge < -0.3 is 0 Å². The lowest BCUT2D eigenvalue weighted by Crippen LogP contribution is -2.18. The Morgan fingerprint density at radius 3 is 2.48 bits per heavy atom. The van der Waals surface area contributed by atoms with Crippen molar-refractivity contribution in [3.05, 3.63) is 58.7 Å². The summed E-state index contributed by atoms with van der Waals surface area (Å²) in [6.45, 7) is 10.9. The summed E-state index contributed by atoms with van der Waals surface area (Å²) in [7, 11) is 0. The third-order valence-corrected chi connectivity index (χ3v) is 4.06. The first-order chi connectivity index (χ1) is 9.86. The van der Waals surface area contributed by atoms with Crippen molar-refractivity contribution in [2.24, 2.45) is 5.41 Å². The fourth-order valence-electron chi connectivity index (χ4n) is 2.93. The van der Waals surface area contributed by atoms with Crippen LogP contribution in [0.3, 0.4) is 0 Å². The van der Waals surface area contributed by atoms with E-state index in [1.807, 2.05) is 19.9 Å². The Morgan fingerprint density at radius 2 is 1.86 bits per heavy atom. The van der Waals surface area contributed by atoms with Gasteiger partial charge in [-0.25, -0.2) is 0 Å². The van der Waals surface area contributed by atoms with Crippen molar-refractivity contribution in [2.45, 2.75) is 53.9 Å². The highest BCUT2D eigenvalue weighted by Gasteiger charge is 2.26. The monoisotopic (exact) mass is 284 g/mol. The average molecular weight is 284 g/mol. The van der Waals surface area contributed by atoms with Crippen LogP contribution in [0, 0.1) is 5.41 Å². The highest BCUT2D eigenvalue weighted by Crippen LogP contribution is 2.40. The van der Waals surface area contributed by atoms with Gasteiger partial charge in [-0.1, -0.05) is 55.4 Å². The summed E-state index contributed by atoms with van der Waals surface area (Å²) in [6, 6.07) is 0. The quantitative estimate of drug-likeness (QED) is 0.358. The van der Waals surface area contributed by atoms with Gasteiger partial charge in [0.2, 0.25) is 0 Å². The number of allylic oxidation sites excluding steroid dienone is 10. The summed E-state index contributed by atoms with van der Waals surface area (Å²) in [5, 5.41) is 0. The average Bonchev–Trinajstić information content (AvgIpc) is 2.36. The van der Waals surface area contributed by atoms with Gasteiger partial charge in [0.25, 0.3) is 0 Å². The molecule has 0 aliphatic heterocycles. The van der Waals surface area contributed by atoms with Gasteiger partial charge in [-0.15, -0.1) is 0 Å². The second kappa shape index (κ2) is 7.97. The van der Waals surface area contributed by atoms with E-state index in [0.717, 1.165) is 17.4 Å². The lowest BCUT2D eigenvalue weighted by molar-refractivity contribution is -0.104. The molecule has 0 aromatic carbocycles. The molecule has 0 aromatic rings. The summed E-state index contributed by atoms with van der Waals surface area (Å²) in [6.07, 6.45) is 16.7. The van der Waals surface area contributed by atoms with Crippen LogP contribution in [0.5, 0.6) is 0 Å². The van der Waals surface area contributed by atoms with E-state index in [4.69, 9.17) is 0 Å². The van der Waals surface area contributed by atoms with E-state index in [0.29, 0.717) is 5.41 Å². The van der Waals surface area contributed by atoms with Crippen LogP contribution >= 0.6 is 0 Å². The molecule has 0 heterocycles. The van der Waals surface area contributed by atoms with Gasteiger partial charge >= 0.3 is 0 Å². The standard InChI is InChI=1S/C20H28O/c1-16(15-17(2)12-14-21)9-6-7-11-19-18(3)10-8-13-20(19,4)5/h6-7,9,11-12,14-15H,8,10,13H2,1-5H3/b9-6+,11-7+,16-15-,17-12-. The number of rotatable bonds is 5. The molecule has 0 atom stereocenters. The molecule has 0 bridgehead atoms. The van der Waals surface area contributed by atoms with E-state index in [9.17, 15) is 4.79 Å². The summed E-state index contributed by atoms with van der Waals surface area (Å²) < 4.78 is 0. The maximum Gasteiger partial charge on any atom is 0.143 e. The van der Waals surface area contributed by atoms with Crippen molar-refractivity contribution in [3.8, 4) is 0 Å². The zero-order valence-electron chi connectivity index (χ0n) is 14.1. The molecule has 0 saturated heterocycles. The van der Waals surface area contributed by atoms with Gasteiger partial charge in [0, 0.05) is 0 Å². The molecule has 1 aliphatic rings. The van der Waals surface area contributed by atoms with Crippen molar-refractivity contribution >= 4 is 6.29 Å². The Labute approximate surface area is 129 Å². The van der Waals surface area contributed by atoms with E-state index >= 15 is 0 Å². The Bertz CT molecular complexity index is 522. The first-order valence-electron chi connectivity index (χ1n) is 7.72. The molecule has 0 fully saturated rings. The van der Waals surface area contributed by atoms with Crippen LogP contribution in [0.25, 0.3) is 0 Å². The minimum absolute atomic E-state index is 0.293. The molecule has 114 valence electrons. The van der Waals surface area contributed by atoms with Crippen LogP contribution < -0.4 is 0 Å². The number of hydrogen-bond donors (Lipinski definition) is 0. The Morgan fingerprint density at radius 1 is 1.14 bits per heavy atom. The van der Waals surface area contributed by atoms with E-state index < -0.39 is 0 Å². The minimum atomic E-state index is 0.293. The molecule has 1 rings (SSSR count). The van der Waals surface area contributed by atoms with Crippen LogP contribution in [-0.4, -0.2) is 6.29 Å². The first-order valence-corrected chi connectivity index (χ1v) is 7.72. The highest BCUT2D eigenvalue weighted by molar-refractivity contribution is 5.67. The molecular formula is C20H28O. The van der Waals surface area contributed by atoms with E-state index in [1.165, 1.54) is 30.4 Å². The molecule has 1 heteroatoms. The molecule has 0 radical (unpaired) electrons. The number of aldehydes is 1. The van der Waals surface area contributed by atoms with E-state index in [-0.39, 0.29) is 0 Å². The normalized spacial score (nSPS) is 20.6. The molecule has 0 aromatic heterocycles.